The number of benzene rings is 1. The molecule has 0 saturated heterocycles. The van der Waals surface area contributed by atoms with Crippen LogP contribution in [0, 0.1) is 0 Å². The highest BCUT2D eigenvalue weighted by Crippen LogP contribution is 2.18. The van der Waals surface area contributed by atoms with E-state index in [4.69, 9.17) is 0 Å². The van der Waals surface area contributed by atoms with Crippen molar-refractivity contribution >= 4 is 10.0 Å². The van der Waals surface area contributed by atoms with Gasteiger partial charge in [-0.25, -0.2) is 12.7 Å². The topological polar surface area (TPSA) is 49.4 Å². The van der Waals surface area contributed by atoms with E-state index in [1.165, 1.54) is 42.8 Å². The number of hydrogen-bond donors (Lipinski definition) is 1. The Morgan fingerprint density at radius 2 is 1.62 bits per heavy atom. The maximum absolute atomic E-state index is 12.0. The van der Waals surface area contributed by atoms with E-state index in [-0.39, 0.29) is 0 Å². The number of nitrogens with zero attached hydrogens (tertiary/aromatic N) is 1. The third-order valence-corrected chi connectivity index (χ3v) is 5.98. The summed E-state index contributed by atoms with van der Waals surface area (Å²) < 4.78 is 25.2. The zero-order valence-corrected chi connectivity index (χ0v) is 13.8. The number of rotatable bonds is 5. The molecular formula is C16H26N2O2S. The summed E-state index contributed by atoms with van der Waals surface area (Å²) in [5.74, 6) is 0. The molecule has 0 aliphatic heterocycles. The van der Waals surface area contributed by atoms with Gasteiger partial charge in [-0.05, 0) is 30.5 Å². The SMILES string of the molecule is CN(C)S(=O)(=O)c1ccc(CNC2CCCCCC2)cc1. The van der Waals surface area contributed by atoms with Crippen LogP contribution in [0.3, 0.4) is 0 Å². The summed E-state index contributed by atoms with van der Waals surface area (Å²) in [6.07, 6.45) is 7.86. The Labute approximate surface area is 128 Å². The highest BCUT2D eigenvalue weighted by Gasteiger charge is 2.16. The molecule has 0 bridgehead atoms. The van der Waals surface area contributed by atoms with Gasteiger partial charge in [0.1, 0.15) is 0 Å². The third-order valence-electron chi connectivity index (χ3n) is 4.15. The lowest BCUT2D eigenvalue weighted by Crippen LogP contribution is -2.27. The second kappa shape index (κ2) is 7.38. The average Bonchev–Trinajstić information content (AvgIpc) is 2.74. The average molecular weight is 310 g/mol. The van der Waals surface area contributed by atoms with Gasteiger partial charge in [0.05, 0.1) is 4.90 Å². The van der Waals surface area contributed by atoms with Crippen LogP contribution in [0.15, 0.2) is 29.2 Å². The van der Waals surface area contributed by atoms with Crippen molar-refractivity contribution in [2.24, 2.45) is 0 Å². The standard InChI is InChI=1S/C16H26N2O2S/c1-18(2)21(19,20)16-11-9-14(10-12-16)13-17-15-7-5-3-4-6-8-15/h9-12,15,17H,3-8,13H2,1-2H3. The molecule has 0 aromatic heterocycles. The summed E-state index contributed by atoms with van der Waals surface area (Å²) in [4.78, 5) is 0.353. The first kappa shape index (κ1) is 16.5. The Kier molecular flexibility index (Phi) is 5.79. The Bertz CT molecular complexity index is 530. The van der Waals surface area contributed by atoms with Crippen molar-refractivity contribution in [1.82, 2.24) is 9.62 Å². The molecule has 1 aromatic carbocycles. The molecule has 1 aliphatic rings. The number of hydrogen-bond acceptors (Lipinski definition) is 3. The van der Waals surface area contributed by atoms with Gasteiger partial charge in [-0.1, -0.05) is 37.8 Å². The van der Waals surface area contributed by atoms with E-state index in [2.05, 4.69) is 5.32 Å². The van der Waals surface area contributed by atoms with Gasteiger partial charge >= 0.3 is 0 Å². The molecule has 0 unspecified atom stereocenters. The monoisotopic (exact) mass is 310 g/mol. The first-order chi connectivity index (χ1) is 10.00. The van der Waals surface area contributed by atoms with E-state index in [1.54, 1.807) is 26.2 Å². The van der Waals surface area contributed by atoms with Gasteiger partial charge in [0.2, 0.25) is 10.0 Å². The second-order valence-corrected chi connectivity index (χ2v) is 8.15. The lowest BCUT2D eigenvalue weighted by molar-refractivity contribution is 0.459. The minimum Gasteiger partial charge on any atom is -0.310 e. The molecule has 4 nitrogen and oxygen atoms in total. The van der Waals surface area contributed by atoms with Crippen LogP contribution in [0.25, 0.3) is 0 Å². The maximum atomic E-state index is 12.0. The first-order valence-corrected chi connectivity index (χ1v) is 9.19. The predicted molar refractivity (Wildman–Crippen MR) is 85.6 cm³/mol. The number of sulfonamides is 1. The summed E-state index contributed by atoms with van der Waals surface area (Å²) in [6, 6.07) is 7.80. The van der Waals surface area contributed by atoms with Crippen LogP contribution >= 0.6 is 0 Å². The van der Waals surface area contributed by atoms with Crippen LogP contribution in [-0.4, -0.2) is 32.9 Å². The van der Waals surface area contributed by atoms with Gasteiger partial charge in [0.25, 0.3) is 0 Å². The van der Waals surface area contributed by atoms with E-state index >= 15 is 0 Å². The molecule has 0 heterocycles. The van der Waals surface area contributed by atoms with Crippen LogP contribution in [-0.2, 0) is 16.6 Å². The number of nitrogens with one attached hydrogen (secondary N) is 1. The van der Waals surface area contributed by atoms with Crippen molar-refractivity contribution in [1.29, 1.82) is 0 Å². The third kappa shape index (κ3) is 4.53. The van der Waals surface area contributed by atoms with Gasteiger partial charge in [-0.15, -0.1) is 0 Å². The molecule has 1 fully saturated rings. The summed E-state index contributed by atoms with van der Waals surface area (Å²) >= 11 is 0. The van der Waals surface area contributed by atoms with Crippen LogP contribution < -0.4 is 5.32 Å². The van der Waals surface area contributed by atoms with E-state index in [1.807, 2.05) is 12.1 Å². The van der Waals surface area contributed by atoms with Crippen molar-refractivity contribution in [2.75, 3.05) is 14.1 Å². The van der Waals surface area contributed by atoms with Crippen LogP contribution in [0.4, 0.5) is 0 Å². The fourth-order valence-corrected chi connectivity index (χ4v) is 3.64. The van der Waals surface area contributed by atoms with E-state index in [0.29, 0.717) is 10.9 Å². The van der Waals surface area contributed by atoms with Crippen LogP contribution in [0.1, 0.15) is 44.1 Å². The summed E-state index contributed by atoms with van der Waals surface area (Å²) in [6.45, 7) is 0.812. The molecule has 2 rings (SSSR count). The zero-order chi connectivity index (χ0) is 15.3. The summed E-state index contributed by atoms with van der Waals surface area (Å²) in [5, 5.41) is 3.60. The fraction of sp³-hybridized carbons (Fsp3) is 0.625. The van der Waals surface area contributed by atoms with Gasteiger partial charge in [-0.2, -0.15) is 0 Å². The van der Waals surface area contributed by atoms with E-state index in [9.17, 15) is 8.42 Å². The minimum absolute atomic E-state index is 0.353. The molecule has 1 aromatic rings. The molecule has 5 heteroatoms. The minimum atomic E-state index is -3.32. The molecule has 1 saturated carbocycles. The van der Waals surface area contributed by atoms with Crippen molar-refractivity contribution < 1.29 is 8.42 Å². The van der Waals surface area contributed by atoms with Gasteiger partial charge < -0.3 is 5.32 Å². The highest BCUT2D eigenvalue weighted by atomic mass is 32.2. The smallest absolute Gasteiger partial charge is 0.242 e. The lowest BCUT2D eigenvalue weighted by atomic mass is 10.1. The normalized spacial score (nSPS) is 17.9. The van der Waals surface area contributed by atoms with Crippen molar-refractivity contribution in [2.45, 2.75) is 56.0 Å². The molecule has 118 valence electrons. The molecule has 0 spiro atoms. The largest absolute Gasteiger partial charge is 0.310 e. The molecule has 1 aliphatic carbocycles. The fourth-order valence-electron chi connectivity index (χ4n) is 2.74. The van der Waals surface area contributed by atoms with Crippen LogP contribution in [0.2, 0.25) is 0 Å². The maximum Gasteiger partial charge on any atom is 0.242 e. The Morgan fingerprint density at radius 3 is 2.14 bits per heavy atom. The molecule has 21 heavy (non-hydrogen) atoms. The lowest BCUT2D eigenvalue weighted by Gasteiger charge is -2.16. The summed E-state index contributed by atoms with van der Waals surface area (Å²) in [7, 11) is -0.216. The highest BCUT2D eigenvalue weighted by molar-refractivity contribution is 7.89. The van der Waals surface area contributed by atoms with E-state index < -0.39 is 10.0 Å². The van der Waals surface area contributed by atoms with Crippen LogP contribution in [0.5, 0.6) is 0 Å². The molecule has 0 radical (unpaired) electrons. The Hall–Kier alpha value is -0.910. The van der Waals surface area contributed by atoms with Crippen molar-refractivity contribution in [3.05, 3.63) is 29.8 Å². The Morgan fingerprint density at radius 1 is 1.05 bits per heavy atom. The molecule has 0 atom stereocenters. The molecule has 0 amide bonds. The quantitative estimate of drug-likeness (QED) is 0.851. The molecular weight excluding hydrogens is 284 g/mol. The predicted octanol–water partition coefficient (Wildman–Crippen LogP) is 2.75. The van der Waals surface area contributed by atoms with E-state index in [0.717, 1.165) is 12.1 Å². The second-order valence-electron chi connectivity index (χ2n) is 6.00. The van der Waals surface area contributed by atoms with Crippen molar-refractivity contribution in [3.63, 3.8) is 0 Å². The van der Waals surface area contributed by atoms with Gasteiger partial charge in [0.15, 0.2) is 0 Å². The zero-order valence-electron chi connectivity index (χ0n) is 13.0. The molecule has 1 N–H and O–H groups in total. The van der Waals surface area contributed by atoms with Gasteiger partial charge in [-0.3, -0.25) is 0 Å². The van der Waals surface area contributed by atoms with Crippen molar-refractivity contribution in [3.8, 4) is 0 Å². The van der Waals surface area contributed by atoms with Gasteiger partial charge in [0, 0.05) is 26.7 Å². The first-order valence-electron chi connectivity index (χ1n) is 7.75. The Balaban J connectivity index is 1.93. The summed E-state index contributed by atoms with van der Waals surface area (Å²) in [5.41, 5.74) is 1.14.